The Labute approximate surface area is 161 Å². The molecule has 0 spiro atoms. The highest BCUT2D eigenvalue weighted by atomic mass is 127. The molecule has 2 fully saturated rings. The highest BCUT2D eigenvalue weighted by Gasteiger charge is 2.53. The zero-order valence-electron chi connectivity index (χ0n) is 14.6. The van der Waals surface area contributed by atoms with E-state index in [2.05, 4.69) is 28.7 Å². The van der Waals surface area contributed by atoms with Crippen LogP contribution in [0.5, 0.6) is 0 Å². The lowest BCUT2D eigenvalue weighted by atomic mass is 9.94. The summed E-state index contributed by atoms with van der Waals surface area (Å²) in [6, 6.07) is 9.01. The van der Waals surface area contributed by atoms with Crippen LogP contribution in [0.15, 0.2) is 40.0 Å². The van der Waals surface area contributed by atoms with Gasteiger partial charge in [0.25, 0.3) is 0 Å². The number of benzene rings is 1. The number of carbonyl (C=O) groups excluding carboxylic acids is 1. The van der Waals surface area contributed by atoms with Crippen molar-refractivity contribution in [2.75, 3.05) is 6.61 Å². The molecule has 0 radical (unpaired) electrons. The smallest absolute Gasteiger partial charge is 0.338 e. The van der Waals surface area contributed by atoms with Crippen LogP contribution in [0.3, 0.4) is 0 Å². The lowest BCUT2D eigenvalue weighted by Gasteiger charge is -2.24. The van der Waals surface area contributed by atoms with Crippen molar-refractivity contribution >= 4 is 28.6 Å². The van der Waals surface area contributed by atoms with Gasteiger partial charge in [-0.25, -0.2) is 4.79 Å². The van der Waals surface area contributed by atoms with E-state index < -0.39 is 5.79 Å². The molecule has 5 nitrogen and oxygen atoms in total. The molecular weight excluding hydrogens is 435 g/mol. The first-order valence-corrected chi connectivity index (χ1v) is 9.51. The lowest BCUT2D eigenvalue weighted by molar-refractivity contribution is -0.205. The van der Waals surface area contributed by atoms with Crippen LogP contribution in [0.1, 0.15) is 37.6 Å². The number of hydrogen-bond acceptors (Lipinski definition) is 5. The van der Waals surface area contributed by atoms with Crippen LogP contribution in [-0.4, -0.2) is 36.9 Å². The number of esters is 1. The summed E-state index contributed by atoms with van der Waals surface area (Å²) in [6.45, 7) is 6.11. The topological polar surface area (TPSA) is 54.0 Å². The van der Waals surface area contributed by atoms with Crippen molar-refractivity contribution in [2.24, 2.45) is 5.92 Å². The molecule has 2 aliphatic heterocycles. The van der Waals surface area contributed by atoms with Gasteiger partial charge < -0.3 is 18.9 Å². The Kier molecular flexibility index (Phi) is 5.82. The van der Waals surface area contributed by atoms with E-state index >= 15 is 0 Å². The van der Waals surface area contributed by atoms with Gasteiger partial charge in [-0.1, -0.05) is 18.2 Å². The third-order valence-corrected chi connectivity index (χ3v) is 4.67. The molecule has 0 aliphatic carbocycles. The molecule has 2 heterocycles. The molecule has 25 heavy (non-hydrogen) atoms. The van der Waals surface area contributed by atoms with E-state index in [4.69, 9.17) is 18.9 Å². The molecule has 0 aromatic heterocycles. The van der Waals surface area contributed by atoms with Crippen LogP contribution in [0.4, 0.5) is 0 Å². The second-order valence-corrected chi connectivity index (χ2v) is 8.48. The first kappa shape index (κ1) is 18.8. The summed E-state index contributed by atoms with van der Waals surface area (Å²) in [7, 11) is 0. The van der Waals surface area contributed by atoms with Crippen molar-refractivity contribution in [3.63, 3.8) is 0 Å². The number of fused-ring (bicyclic) bond motifs is 1. The second-order valence-electron chi connectivity index (χ2n) is 6.78. The summed E-state index contributed by atoms with van der Waals surface area (Å²) in [5, 5.41) is 0. The third-order valence-electron chi connectivity index (χ3n) is 4.31. The molecule has 0 N–H and O–H groups in total. The molecule has 4 atom stereocenters. The Bertz CT molecular complexity index is 638. The van der Waals surface area contributed by atoms with Crippen molar-refractivity contribution in [1.29, 1.82) is 0 Å². The van der Waals surface area contributed by atoms with Crippen LogP contribution in [0, 0.1) is 5.92 Å². The molecule has 3 rings (SSSR count). The summed E-state index contributed by atoms with van der Waals surface area (Å²) in [5.74, 6) is -0.875. The summed E-state index contributed by atoms with van der Waals surface area (Å²) < 4.78 is 24.4. The van der Waals surface area contributed by atoms with Gasteiger partial charge in [0.2, 0.25) is 0 Å². The summed E-state index contributed by atoms with van der Waals surface area (Å²) in [6.07, 6.45) is 2.11. The van der Waals surface area contributed by atoms with Gasteiger partial charge in [0.1, 0.15) is 6.10 Å². The highest BCUT2D eigenvalue weighted by Crippen LogP contribution is 2.42. The number of carbonyl (C=O) groups is 1. The van der Waals surface area contributed by atoms with E-state index in [1.165, 1.54) is 0 Å². The van der Waals surface area contributed by atoms with Crippen LogP contribution in [-0.2, 0) is 18.9 Å². The van der Waals surface area contributed by atoms with Gasteiger partial charge >= 0.3 is 5.97 Å². The van der Waals surface area contributed by atoms with Crippen LogP contribution in [0.25, 0.3) is 0 Å². The normalized spacial score (nSPS) is 31.0. The number of ether oxygens (including phenoxy) is 4. The van der Waals surface area contributed by atoms with Gasteiger partial charge in [-0.2, -0.15) is 0 Å². The molecule has 136 valence electrons. The maximum absolute atomic E-state index is 12.1. The molecule has 0 amide bonds. The third kappa shape index (κ3) is 4.61. The average Bonchev–Trinajstić information content (AvgIpc) is 3.00. The average molecular weight is 458 g/mol. The number of hydrogen-bond donors (Lipinski definition) is 0. The predicted molar refractivity (Wildman–Crippen MR) is 101 cm³/mol. The van der Waals surface area contributed by atoms with E-state index in [0.29, 0.717) is 18.6 Å². The summed E-state index contributed by atoms with van der Waals surface area (Å²) in [4.78, 5) is 12.1. The van der Waals surface area contributed by atoms with E-state index in [1.54, 1.807) is 12.1 Å². The Balaban J connectivity index is 1.61. The minimum Gasteiger partial charge on any atom is -0.462 e. The van der Waals surface area contributed by atoms with Crippen LogP contribution in [0.2, 0.25) is 0 Å². The highest BCUT2D eigenvalue weighted by molar-refractivity contribution is 14.1. The first-order valence-electron chi connectivity index (χ1n) is 8.43. The van der Waals surface area contributed by atoms with E-state index in [9.17, 15) is 4.79 Å². The minimum atomic E-state index is -0.650. The number of rotatable bonds is 5. The standard InChI is InChI=1S/C19H23IO5/c1-12(20)11-15-14(16-18(23-15)25-19(2,3)24-16)9-10-22-17(21)13-7-5-4-6-8-13/h4-8,11,14-16,18H,9-10H2,1-3H3/b12-11-/t14-,15-,16-,18-/m1/s1. The van der Waals surface area contributed by atoms with Crippen molar-refractivity contribution < 1.29 is 23.7 Å². The molecule has 0 bridgehead atoms. The van der Waals surface area contributed by atoms with Gasteiger partial charge in [-0.3, -0.25) is 0 Å². The SMILES string of the molecule is C/C(I)=C/[C@H]1O[C@@H]2OC(C)(C)O[C@@H]2[C@@H]1CCOC(=O)c1ccccc1. The predicted octanol–water partition coefficient (Wildman–Crippen LogP) is 4.06. The zero-order valence-corrected chi connectivity index (χ0v) is 16.8. The Morgan fingerprint density at radius 1 is 1.28 bits per heavy atom. The van der Waals surface area contributed by atoms with Crippen molar-refractivity contribution in [3.05, 3.63) is 45.6 Å². The molecular formula is C19H23IO5. The fourth-order valence-electron chi connectivity index (χ4n) is 3.26. The first-order chi connectivity index (χ1) is 11.9. The van der Waals surface area contributed by atoms with E-state index in [-0.39, 0.29) is 30.4 Å². The molecule has 2 aliphatic rings. The molecule has 0 saturated carbocycles. The van der Waals surface area contributed by atoms with Crippen molar-refractivity contribution in [1.82, 2.24) is 0 Å². The number of halogens is 1. The molecule has 1 aromatic carbocycles. The van der Waals surface area contributed by atoms with E-state index in [1.807, 2.05) is 39.0 Å². The maximum Gasteiger partial charge on any atom is 0.338 e. The van der Waals surface area contributed by atoms with Gasteiger partial charge in [0, 0.05) is 5.92 Å². The molecule has 1 aromatic rings. The van der Waals surface area contributed by atoms with Crippen LogP contribution >= 0.6 is 22.6 Å². The summed E-state index contributed by atoms with van der Waals surface area (Å²) >= 11 is 2.26. The minimum absolute atomic E-state index is 0.0834. The summed E-state index contributed by atoms with van der Waals surface area (Å²) in [5.41, 5.74) is 0.559. The Hall–Kier alpha value is -0.960. The number of allylic oxidation sites excluding steroid dienone is 1. The van der Waals surface area contributed by atoms with Crippen LogP contribution < -0.4 is 0 Å². The molecule has 0 unspecified atom stereocenters. The quantitative estimate of drug-likeness (QED) is 0.492. The maximum atomic E-state index is 12.1. The van der Waals surface area contributed by atoms with Gasteiger partial charge in [0.15, 0.2) is 12.1 Å². The Morgan fingerprint density at radius 2 is 2.00 bits per heavy atom. The monoisotopic (exact) mass is 458 g/mol. The van der Waals surface area contributed by atoms with Crippen molar-refractivity contribution in [3.8, 4) is 0 Å². The van der Waals surface area contributed by atoms with E-state index in [0.717, 1.165) is 3.58 Å². The largest absolute Gasteiger partial charge is 0.462 e. The molecule has 2 saturated heterocycles. The van der Waals surface area contributed by atoms with Gasteiger partial charge in [-0.05, 0) is 71.6 Å². The van der Waals surface area contributed by atoms with Gasteiger partial charge in [-0.15, -0.1) is 0 Å². The second kappa shape index (κ2) is 7.73. The van der Waals surface area contributed by atoms with Crippen molar-refractivity contribution in [2.45, 2.75) is 51.5 Å². The fraction of sp³-hybridized carbons (Fsp3) is 0.526. The fourth-order valence-corrected chi connectivity index (χ4v) is 3.61. The molecule has 6 heteroatoms. The lowest BCUT2D eigenvalue weighted by Crippen LogP contribution is -2.30. The Morgan fingerprint density at radius 3 is 2.68 bits per heavy atom. The van der Waals surface area contributed by atoms with Gasteiger partial charge in [0.05, 0.1) is 18.3 Å². The zero-order chi connectivity index (χ0) is 18.0.